The Hall–Kier alpha value is -0.390. The molecular formula is C10H6Cl5N3O4S2. The standard InChI is InChI=1S/C5H2Cl3NO2S.C5H4Cl2N2O2S/c2*6-4-1-3(12(8,10)11)2-9-5(4)7/h1-2H;1-2H,(H2,8,10,11). The molecule has 0 aliphatic carbocycles. The van der Waals surface area contributed by atoms with E-state index < -0.39 is 19.1 Å². The second kappa shape index (κ2) is 8.33. The molecule has 0 aliphatic heterocycles. The zero-order valence-corrected chi connectivity index (χ0v) is 16.5. The van der Waals surface area contributed by atoms with Crippen molar-refractivity contribution in [1.29, 1.82) is 0 Å². The quantitative estimate of drug-likeness (QED) is 0.528. The first-order valence-corrected chi connectivity index (χ1v) is 10.8. The molecule has 0 unspecified atom stereocenters. The summed E-state index contributed by atoms with van der Waals surface area (Å²) in [6, 6.07) is 2.28. The molecule has 0 saturated heterocycles. The highest BCUT2D eigenvalue weighted by atomic mass is 35.7. The molecule has 2 N–H and O–H groups in total. The van der Waals surface area contributed by atoms with Crippen LogP contribution in [0.5, 0.6) is 0 Å². The molecule has 2 heterocycles. The fourth-order valence-electron chi connectivity index (χ4n) is 1.10. The maximum Gasteiger partial charge on any atom is 0.262 e. The lowest BCUT2D eigenvalue weighted by atomic mass is 10.5. The minimum Gasteiger partial charge on any atom is -0.242 e. The second-order valence-corrected chi connectivity index (χ2v) is 9.53. The molecular weight excluding hydrogens is 468 g/mol. The molecule has 0 saturated carbocycles. The minimum atomic E-state index is -3.78. The van der Waals surface area contributed by atoms with E-state index in [1.165, 1.54) is 0 Å². The highest BCUT2D eigenvalue weighted by Gasteiger charge is 2.12. The molecule has 2 aromatic rings. The van der Waals surface area contributed by atoms with Crippen molar-refractivity contribution in [3.63, 3.8) is 0 Å². The van der Waals surface area contributed by atoms with Crippen LogP contribution in [-0.2, 0) is 19.1 Å². The van der Waals surface area contributed by atoms with Gasteiger partial charge in [-0.2, -0.15) is 0 Å². The molecule has 2 rings (SSSR count). The van der Waals surface area contributed by atoms with Crippen molar-refractivity contribution in [2.24, 2.45) is 5.14 Å². The molecule has 0 radical (unpaired) electrons. The van der Waals surface area contributed by atoms with Crippen molar-refractivity contribution in [2.45, 2.75) is 9.79 Å². The summed E-state index contributed by atoms with van der Waals surface area (Å²) >= 11 is 21.9. The van der Waals surface area contributed by atoms with E-state index in [-0.39, 0.29) is 30.1 Å². The zero-order valence-electron chi connectivity index (χ0n) is 11.1. The average molecular weight is 474 g/mol. The summed E-state index contributed by atoms with van der Waals surface area (Å²) in [5.41, 5.74) is 0. The normalized spacial score (nSPS) is 11.6. The number of hydrogen-bond acceptors (Lipinski definition) is 6. The summed E-state index contributed by atoms with van der Waals surface area (Å²) in [6.07, 6.45) is 2.08. The lowest BCUT2D eigenvalue weighted by Gasteiger charge is -1.98. The molecule has 0 fully saturated rings. The Labute approximate surface area is 162 Å². The first-order chi connectivity index (χ1) is 10.8. The third-order valence-electron chi connectivity index (χ3n) is 2.15. The predicted octanol–water partition coefficient (Wildman–Crippen LogP) is 3.35. The molecule has 132 valence electrons. The Balaban J connectivity index is 0.000000240. The molecule has 0 aliphatic rings. The van der Waals surface area contributed by atoms with E-state index in [1.54, 1.807) is 0 Å². The molecule has 2 aromatic heterocycles. The SMILES string of the molecule is NS(=O)(=O)c1cnc(Cl)c(Cl)c1.O=S(=O)(Cl)c1cnc(Cl)c(Cl)c1. The zero-order chi connectivity index (χ0) is 18.7. The van der Waals surface area contributed by atoms with Gasteiger partial charge in [0.05, 0.1) is 10.0 Å². The number of pyridine rings is 2. The van der Waals surface area contributed by atoms with E-state index in [4.69, 9.17) is 62.2 Å². The van der Waals surface area contributed by atoms with Gasteiger partial charge in [0.25, 0.3) is 9.05 Å². The summed E-state index contributed by atoms with van der Waals surface area (Å²) in [7, 11) is -2.51. The second-order valence-electron chi connectivity index (χ2n) is 3.87. The van der Waals surface area contributed by atoms with Crippen LogP contribution in [0.1, 0.15) is 0 Å². The van der Waals surface area contributed by atoms with E-state index in [0.29, 0.717) is 0 Å². The lowest BCUT2D eigenvalue weighted by molar-refractivity contribution is 0.597. The average Bonchev–Trinajstić information content (AvgIpc) is 2.43. The van der Waals surface area contributed by atoms with Gasteiger partial charge in [-0.15, -0.1) is 0 Å². The number of nitrogens with two attached hydrogens (primary N) is 1. The van der Waals surface area contributed by atoms with Crippen molar-refractivity contribution in [3.05, 3.63) is 44.9 Å². The van der Waals surface area contributed by atoms with Gasteiger partial charge in [-0.1, -0.05) is 46.4 Å². The van der Waals surface area contributed by atoms with Crippen LogP contribution in [0.2, 0.25) is 20.4 Å². The predicted molar refractivity (Wildman–Crippen MR) is 92.9 cm³/mol. The van der Waals surface area contributed by atoms with Gasteiger partial charge in [0.1, 0.15) is 20.1 Å². The topological polar surface area (TPSA) is 120 Å². The summed E-state index contributed by atoms with van der Waals surface area (Å²) in [5.74, 6) is 0. The third kappa shape index (κ3) is 6.49. The van der Waals surface area contributed by atoms with E-state index >= 15 is 0 Å². The maximum atomic E-state index is 10.7. The molecule has 7 nitrogen and oxygen atoms in total. The molecule has 24 heavy (non-hydrogen) atoms. The number of sulfonamides is 1. The molecule has 0 aromatic carbocycles. The van der Waals surface area contributed by atoms with Gasteiger partial charge < -0.3 is 0 Å². The van der Waals surface area contributed by atoms with Gasteiger partial charge in [0, 0.05) is 23.1 Å². The minimum absolute atomic E-state index is 0.0423. The van der Waals surface area contributed by atoms with Crippen LogP contribution in [0, 0.1) is 0 Å². The molecule has 0 atom stereocenters. The largest absolute Gasteiger partial charge is 0.262 e. The monoisotopic (exact) mass is 471 g/mol. The van der Waals surface area contributed by atoms with Gasteiger partial charge in [-0.3, -0.25) is 0 Å². The van der Waals surface area contributed by atoms with Crippen molar-refractivity contribution in [2.75, 3.05) is 0 Å². The number of rotatable bonds is 2. The first-order valence-electron chi connectivity index (χ1n) is 5.42. The lowest BCUT2D eigenvalue weighted by Crippen LogP contribution is -2.12. The Morgan fingerprint density at radius 2 is 1.17 bits per heavy atom. The number of hydrogen-bond donors (Lipinski definition) is 1. The van der Waals surface area contributed by atoms with Crippen LogP contribution in [0.25, 0.3) is 0 Å². The fourth-order valence-corrected chi connectivity index (χ4v) is 2.94. The number of primary sulfonamides is 1. The van der Waals surface area contributed by atoms with Gasteiger partial charge >= 0.3 is 0 Å². The maximum absolute atomic E-state index is 10.7. The Morgan fingerprint density at radius 3 is 1.50 bits per heavy atom. The van der Waals surface area contributed by atoms with Gasteiger partial charge in [-0.05, 0) is 12.1 Å². The smallest absolute Gasteiger partial charge is 0.242 e. The summed E-state index contributed by atoms with van der Waals surface area (Å²) in [6.45, 7) is 0. The highest BCUT2D eigenvalue weighted by Crippen LogP contribution is 2.24. The summed E-state index contributed by atoms with van der Waals surface area (Å²) < 4.78 is 42.9. The first kappa shape index (κ1) is 21.7. The van der Waals surface area contributed by atoms with Crippen LogP contribution in [0.4, 0.5) is 0 Å². The van der Waals surface area contributed by atoms with Crippen LogP contribution >= 0.6 is 57.1 Å². The number of nitrogens with zero attached hydrogens (tertiary/aromatic N) is 2. The van der Waals surface area contributed by atoms with Crippen LogP contribution < -0.4 is 5.14 Å². The number of halogens is 5. The molecule has 0 amide bonds. The van der Waals surface area contributed by atoms with E-state index in [2.05, 4.69) is 9.97 Å². The van der Waals surface area contributed by atoms with Crippen LogP contribution in [-0.4, -0.2) is 26.8 Å². The van der Waals surface area contributed by atoms with Crippen molar-refractivity contribution in [3.8, 4) is 0 Å². The summed E-state index contributed by atoms with van der Waals surface area (Å²) in [4.78, 5) is 6.71. The van der Waals surface area contributed by atoms with Crippen LogP contribution in [0.15, 0.2) is 34.3 Å². The van der Waals surface area contributed by atoms with Crippen molar-refractivity contribution >= 4 is 76.2 Å². The van der Waals surface area contributed by atoms with E-state index in [0.717, 1.165) is 24.5 Å². The van der Waals surface area contributed by atoms with E-state index in [9.17, 15) is 16.8 Å². The van der Waals surface area contributed by atoms with Gasteiger partial charge in [0.15, 0.2) is 0 Å². The van der Waals surface area contributed by atoms with Crippen molar-refractivity contribution < 1.29 is 16.8 Å². The highest BCUT2D eigenvalue weighted by molar-refractivity contribution is 8.13. The molecule has 14 heteroatoms. The molecule has 0 bridgehead atoms. The molecule has 0 spiro atoms. The third-order valence-corrected chi connectivity index (χ3v) is 5.73. The Kier molecular flexibility index (Phi) is 7.51. The van der Waals surface area contributed by atoms with E-state index in [1.807, 2.05) is 0 Å². The van der Waals surface area contributed by atoms with Crippen LogP contribution in [0.3, 0.4) is 0 Å². The Morgan fingerprint density at radius 1 is 0.792 bits per heavy atom. The summed E-state index contributed by atoms with van der Waals surface area (Å²) in [5, 5.41) is 5.01. The number of aromatic nitrogens is 2. The van der Waals surface area contributed by atoms with Gasteiger partial charge in [-0.25, -0.2) is 31.9 Å². The fraction of sp³-hybridized carbons (Fsp3) is 0. The Bertz CT molecular complexity index is 887. The van der Waals surface area contributed by atoms with Crippen molar-refractivity contribution in [1.82, 2.24) is 9.97 Å². The van der Waals surface area contributed by atoms with Gasteiger partial charge in [0.2, 0.25) is 10.0 Å².